The second-order valence-corrected chi connectivity index (χ2v) is 2.47. The van der Waals surface area contributed by atoms with Gasteiger partial charge in [0.25, 0.3) is 0 Å². The number of aliphatic carboxylic acids is 1. The van der Waals surface area contributed by atoms with Crippen LogP contribution in [0.3, 0.4) is 0 Å². The zero-order chi connectivity index (χ0) is 9.14. The van der Waals surface area contributed by atoms with Gasteiger partial charge in [0.1, 0.15) is 5.76 Å². The Morgan fingerprint density at radius 2 is 2.42 bits per heavy atom. The van der Waals surface area contributed by atoms with Crippen molar-refractivity contribution < 1.29 is 19.1 Å². The molecular formula is C7H7ClO4. The van der Waals surface area contributed by atoms with Crippen molar-refractivity contribution in [1.82, 2.24) is 0 Å². The second-order valence-electron chi connectivity index (χ2n) is 2.10. The van der Waals surface area contributed by atoms with Gasteiger partial charge in [-0.05, 0) is 23.7 Å². The van der Waals surface area contributed by atoms with E-state index in [0.717, 1.165) is 0 Å². The van der Waals surface area contributed by atoms with Crippen LogP contribution in [-0.4, -0.2) is 18.2 Å². The van der Waals surface area contributed by atoms with Crippen LogP contribution in [0.1, 0.15) is 11.9 Å². The van der Waals surface area contributed by atoms with Gasteiger partial charge in [0.05, 0.1) is 0 Å². The molecule has 12 heavy (non-hydrogen) atoms. The van der Waals surface area contributed by atoms with Gasteiger partial charge in [-0.3, -0.25) is 0 Å². The third-order valence-corrected chi connectivity index (χ3v) is 1.52. The van der Waals surface area contributed by atoms with E-state index in [0.29, 0.717) is 0 Å². The van der Waals surface area contributed by atoms with E-state index < -0.39 is 12.1 Å². The summed E-state index contributed by atoms with van der Waals surface area (Å²) in [5.41, 5.74) is 0. The molecule has 0 saturated carbocycles. The fraction of sp³-hybridized carbons (Fsp3) is 0.286. The first-order valence-corrected chi connectivity index (χ1v) is 3.53. The van der Waals surface area contributed by atoms with E-state index in [1.165, 1.54) is 19.2 Å². The molecule has 1 N–H and O–H groups in total. The summed E-state index contributed by atoms with van der Waals surface area (Å²) in [5.74, 6) is -0.918. The van der Waals surface area contributed by atoms with Crippen molar-refractivity contribution >= 4 is 17.6 Å². The highest BCUT2D eigenvalue weighted by atomic mass is 35.5. The molecular weight excluding hydrogens is 184 g/mol. The van der Waals surface area contributed by atoms with Gasteiger partial charge in [-0.1, -0.05) is 0 Å². The fourth-order valence-electron chi connectivity index (χ4n) is 0.808. The van der Waals surface area contributed by atoms with Crippen molar-refractivity contribution in [2.75, 3.05) is 7.11 Å². The number of furan rings is 1. The van der Waals surface area contributed by atoms with E-state index in [1.807, 2.05) is 0 Å². The van der Waals surface area contributed by atoms with E-state index in [-0.39, 0.29) is 11.0 Å². The zero-order valence-electron chi connectivity index (χ0n) is 6.28. The maximum absolute atomic E-state index is 10.5. The minimum absolute atomic E-state index is 0.147. The van der Waals surface area contributed by atoms with Crippen molar-refractivity contribution in [1.29, 1.82) is 0 Å². The largest absolute Gasteiger partial charge is 0.479 e. The van der Waals surface area contributed by atoms with Crippen molar-refractivity contribution in [2.45, 2.75) is 6.10 Å². The molecule has 0 aliphatic heterocycles. The van der Waals surface area contributed by atoms with Crippen LogP contribution in [0.15, 0.2) is 16.5 Å². The first kappa shape index (κ1) is 9.09. The minimum atomic E-state index is -1.11. The molecule has 0 bridgehead atoms. The Bertz CT molecular complexity index is 281. The molecule has 1 unspecified atom stereocenters. The molecule has 0 aliphatic rings. The van der Waals surface area contributed by atoms with E-state index in [4.69, 9.17) is 21.1 Å². The highest BCUT2D eigenvalue weighted by Gasteiger charge is 2.22. The summed E-state index contributed by atoms with van der Waals surface area (Å²) in [5, 5.41) is 8.75. The Kier molecular flexibility index (Phi) is 2.73. The van der Waals surface area contributed by atoms with Crippen LogP contribution in [0.4, 0.5) is 0 Å². The summed E-state index contributed by atoms with van der Waals surface area (Å²) in [6.07, 6.45) is -1.09. The molecule has 4 nitrogen and oxygen atoms in total. The average molecular weight is 191 g/mol. The molecule has 0 fully saturated rings. The van der Waals surface area contributed by atoms with Crippen molar-refractivity contribution in [3.63, 3.8) is 0 Å². The molecule has 66 valence electrons. The number of halogens is 1. The summed E-state index contributed by atoms with van der Waals surface area (Å²) in [4.78, 5) is 10.5. The van der Waals surface area contributed by atoms with Gasteiger partial charge in [0.2, 0.25) is 6.10 Å². The van der Waals surface area contributed by atoms with Crippen molar-refractivity contribution in [3.05, 3.63) is 23.1 Å². The van der Waals surface area contributed by atoms with Crippen LogP contribution in [-0.2, 0) is 9.53 Å². The normalized spacial score (nSPS) is 12.8. The van der Waals surface area contributed by atoms with Gasteiger partial charge in [0, 0.05) is 7.11 Å². The lowest BCUT2D eigenvalue weighted by Crippen LogP contribution is -2.12. The molecule has 0 aliphatic carbocycles. The summed E-state index contributed by atoms with van der Waals surface area (Å²) >= 11 is 5.45. The molecule has 1 heterocycles. The van der Waals surface area contributed by atoms with Crippen molar-refractivity contribution in [2.24, 2.45) is 0 Å². The lowest BCUT2D eigenvalue weighted by atomic mass is 10.3. The standard InChI is InChI=1S/C7H7ClO4/c1-11-6(7(9)10)4-2-3-5(8)12-4/h2-3,6H,1H3,(H,9,10). The summed E-state index contributed by atoms with van der Waals surface area (Å²) in [7, 11) is 1.29. The van der Waals surface area contributed by atoms with Gasteiger partial charge in [-0.15, -0.1) is 0 Å². The number of carbonyl (C=O) groups is 1. The monoisotopic (exact) mass is 190 g/mol. The molecule has 1 atom stereocenters. The molecule has 5 heteroatoms. The lowest BCUT2D eigenvalue weighted by Gasteiger charge is -2.05. The van der Waals surface area contributed by atoms with Crippen LogP contribution in [0.5, 0.6) is 0 Å². The number of ether oxygens (including phenoxy) is 1. The van der Waals surface area contributed by atoms with Crippen LogP contribution >= 0.6 is 11.6 Å². The SMILES string of the molecule is COC(C(=O)O)c1ccc(Cl)o1. The third kappa shape index (κ3) is 1.78. The van der Waals surface area contributed by atoms with Gasteiger partial charge >= 0.3 is 5.97 Å². The maximum Gasteiger partial charge on any atom is 0.340 e. The van der Waals surface area contributed by atoms with E-state index in [1.54, 1.807) is 0 Å². The second kappa shape index (κ2) is 3.60. The molecule has 1 aromatic rings. The Labute approximate surface area is 73.7 Å². The first-order chi connectivity index (χ1) is 5.65. The average Bonchev–Trinajstić information content (AvgIpc) is 2.37. The number of carboxylic acids is 1. The molecule has 0 radical (unpaired) electrons. The van der Waals surface area contributed by atoms with Gasteiger partial charge in [-0.25, -0.2) is 4.79 Å². The number of methoxy groups -OCH3 is 1. The van der Waals surface area contributed by atoms with Gasteiger partial charge in [0.15, 0.2) is 5.22 Å². The highest BCUT2D eigenvalue weighted by Crippen LogP contribution is 2.22. The Morgan fingerprint density at radius 3 is 2.75 bits per heavy atom. The first-order valence-electron chi connectivity index (χ1n) is 3.16. The third-order valence-electron chi connectivity index (χ3n) is 1.31. The number of rotatable bonds is 3. The smallest absolute Gasteiger partial charge is 0.340 e. The zero-order valence-corrected chi connectivity index (χ0v) is 7.04. The molecule has 1 aromatic heterocycles. The Morgan fingerprint density at radius 1 is 1.75 bits per heavy atom. The van der Waals surface area contributed by atoms with Gasteiger partial charge in [-0.2, -0.15) is 0 Å². The summed E-state index contributed by atoms with van der Waals surface area (Å²) < 4.78 is 9.52. The predicted molar refractivity (Wildman–Crippen MR) is 41.1 cm³/mol. The number of carboxylic acid groups (broad SMARTS) is 1. The molecule has 0 aromatic carbocycles. The van der Waals surface area contributed by atoms with E-state index >= 15 is 0 Å². The van der Waals surface area contributed by atoms with E-state index in [9.17, 15) is 4.79 Å². The topological polar surface area (TPSA) is 59.7 Å². The predicted octanol–water partition coefficient (Wildman–Crippen LogP) is 1.71. The summed E-state index contributed by atoms with van der Waals surface area (Å²) in [6.45, 7) is 0. The van der Waals surface area contributed by atoms with Crippen LogP contribution < -0.4 is 0 Å². The molecule has 0 amide bonds. The van der Waals surface area contributed by atoms with Gasteiger partial charge < -0.3 is 14.3 Å². The van der Waals surface area contributed by atoms with Crippen LogP contribution in [0, 0.1) is 0 Å². The Balaban J connectivity index is 2.87. The quantitative estimate of drug-likeness (QED) is 0.788. The van der Waals surface area contributed by atoms with Crippen LogP contribution in [0.2, 0.25) is 5.22 Å². The molecule has 1 rings (SSSR count). The molecule has 0 spiro atoms. The maximum atomic E-state index is 10.5. The minimum Gasteiger partial charge on any atom is -0.479 e. The highest BCUT2D eigenvalue weighted by molar-refractivity contribution is 6.28. The number of hydrogen-bond acceptors (Lipinski definition) is 3. The lowest BCUT2D eigenvalue weighted by molar-refractivity contribution is -0.149. The number of hydrogen-bond donors (Lipinski definition) is 1. The fourth-order valence-corrected chi connectivity index (χ4v) is 0.960. The van der Waals surface area contributed by atoms with Crippen molar-refractivity contribution in [3.8, 4) is 0 Å². The van der Waals surface area contributed by atoms with E-state index in [2.05, 4.69) is 4.74 Å². The van der Waals surface area contributed by atoms with Crippen LogP contribution in [0.25, 0.3) is 0 Å². The molecule has 0 saturated heterocycles. The Hall–Kier alpha value is -1.00. The summed E-state index contributed by atoms with van der Waals surface area (Å²) in [6, 6.07) is 2.93.